The van der Waals surface area contributed by atoms with E-state index in [0.29, 0.717) is 0 Å². The SMILES string of the molecule is C=C(CC)CC1OCCO1. The normalized spacial score (nSPS) is 19.7. The van der Waals surface area contributed by atoms with Crippen LogP contribution in [0.2, 0.25) is 0 Å². The fourth-order valence-electron chi connectivity index (χ4n) is 0.905. The monoisotopic (exact) mass is 142 g/mol. The van der Waals surface area contributed by atoms with E-state index in [0.717, 1.165) is 26.1 Å². The van der Waals surface area contributed by atoms with E-state index in [1.807, 2.05) is 0 Å². The van der Waals surface area contributed by atoms with Crippen LogP contribution < -0.4 is 0 Å². The first-order chi connectivity index (χ1) is 4.83. The van der Waals surface area contributed by atoms with Gasteiger partial charge in [0, 0.05) is 6.42 Å². The van der Waals surface area contributed by atoms with Crippen LogP contribution in [-0.2, 0) is 9.47 Å². The van der Waals surface area contributed by atoms with E-state index in [1.165, 1.54) is 5.57 Å². The molecule has 1 fully saturated rings. The van der Waals surface area contributed by atoms with Gasteiger partial charge in [0.05, 0.1) is 13.2 Å². The molecule has 0 spiro atoms. The molecule has 0 aliphatic carbocycles. The Morgan fingerprint density at radius 3 is 2.60 bits per heavy atom. The first kappa shape index (κ1) is 7.76. The molecule has 0 aromatic heterocycles. The van der Waals surface area contributed by atoms with Gasteiger partial charge in [-0.1, -0.05) is 19.1 Å². The topological polar surface area (TPSA) is 18.5 Å². The first-order valence-electron chi connectivity index (χ1n) is 3.72. The standard InChI is InChI=1S/C8H14O2/c1-3-7(2)6-8-9-4-5-10-8/h8H,2-6H2,1H3. The van der Waals surface area contributed by atoms with Crippen LogP contribution in [0.3, 0.4) is 0 Å². The van der Waals surface area contributed by atoms with E-state index in [-0.39, 0.29) is 6.29 Å². The molecular formula is C8H14O2. The van der Waals surface area contributed by atoms with Gasteiger partial charge >= 0.3 is 0 Å². The minimum Gasteiger partial charge on any atom is -0.350 e. The maximum Gasteiger partial charge on any atom is 0.161 e. The molecular weight excluding hydrogens is 128 g/mol. The van der Waals surface area contributed by atoms with Crippen LogP contribution in [0.4, 0.5) is 0 Å². The van der Waals surface area contributed by atoms with Crippen LogP contribution in [0.15, 0.2) is 12.2 Å². The molecule has 1 rings (SSSR count). The first-order valence-corrected chi connectivity index (χ1v) is 3.72. The third kappa shape index (κ3) is 2.12. The quantitative estimate of drug-likeness (QED) is 0.558. The van der Waals surface area contributed by atoms with Crippen molar-refractivity contribution in [2.45, 2.75) is 26.1 Å². The lowest BCUT2D eigenvalue weighted by atomic mass is 10.2. The van der Waals surface area contributed by atoms with Crippen molar-refractivity contribution in [3.05, 3.63) is 12.2 Å². The van der Waals surface area contributed by atoms with Crippen molar-refractivity contribution in [3.8, 4) is 0 Å². The van der Waals surface area contributed by atoms with E-state index in [1.54, 1.807) is 0 Å². The van der Waals surface area contributed by atoms with Gasteiger partial charge < -0.3 is 9.47 Å². The Hall–Kier alpha value is -0.340. The highest BCUT2D eigenvalue weighted by atomic mass is 16.7. The summed E-state index contributed by atoms with van der Waals surface area (Å²) in [5, 5.41) is 0. The molecule has 1 aliphatic heterocycles. The van der Waals surface area contributed by atoms with E-state index >= 15 is 0 Å². The predicted octanol–water partition coefficient (Wildman–Crippen LogP) is 1.72. The van der Waals surface area contributed by atoms with Crippen molar-refractivity contribution in [3.63, 3.8) is 0 Å². The van der Waals surface area contributed by atoms with Gasteiger partial charge in [0.2, 0.25) is 0 Å². The summed E-state index contributed by atoms with van der Waals surface area (Å²) in [6, 6.07) is 0. The van der Waals surface area contributed by atoms with Crippen LogP contribution in [0.25, 0.3) is 0 Å². The average molecular weight is 142 g/mol. The summed E-state index contributed by atoms with van der Waals surface area (Å²) in [6.07, 6.45) is 1.87. The van der Waals surface area contributed by atoms with Crippen molar-refractivity contribution in [2.24, 2.45) is 0 Å². The van der Waals surface area contributed by atoms with Crippen LogP contribution in [0.5, 0.6) is 0 Å². The van der Waals surface area contributed by atoms with Crippen LogP contribution in [0, 0.1) is 0 Å². The second kappa shape index (κ2) is 3.74. The largest absolute Gasteiger partial charge is 0.350 e. The fourth-order valence-corrected chi connectivity index (χ4v) is 0.905. The zero-order valence-corrected chi connectivity index (χ0v) is 6.43. The minimum absolute atomic E-state index is 0.00699. The van der Waals surface area contributed by atoms with Crippen molar-refractivity contribution < 1.29 is 9.47 Å². The lowest BCUT2D eigenvalue weighted by Crippen LogP contribution is -2.07. The van der Waals surface area contributed by atoms with E-state index in [4.69, 9.17) is 9.47 Å². The summed E-state index contributed by atoms with van der Waals surface area (Å²) in [7, 11) is 0. The third-order valence-electron chi connectivity index (χ3n) is 1.65. The summed E-state index contributed by atoms with van der Waals surface area (Å²) in [5.41, 5.74) is 1.20. The highest BCUT2D eigenvalue weighted by Crippen LogP contribution is 2.14. The molecule has 58 valence electrons. The molecule has 0 amide bonds. The molecule has 2 heteroatoms. The molecule has 0 saturated carbocycles. The van der Waals surface area contributed by atoms with Gasteiger partial charge in [-0.2, -0.15) is 0 Å². The van der Waals surface area contributed by atoms with Gasteiger partial charge in [0.1, 0.15) is 0 Å². The molecule has 0 atom stereocenters. The van der Waals surface area contributed by atoms with Crippen LogP contribution in [-0.4, -0.2) is 19.5 Å². The zero-order chi connectivity index (χ0) is 7.40. The van der Waals surface area contributed by atoms with Crippen molar-refractivity contribution in [2.75, 3.05) is 13.2 Å². The highest BCUT2D eigenvalue weighted by molar-refractivity contribution is 4.93. The Labute approximate surface area is 61.8 Å². The molecule has 0 bridgehead atoms. The lowest BCUT2D eigenvalue weighted by Gasteiger charge is -2.08. The van der Waals surface area contributed by atoms with E-state index < -0.39 is 0 Å². The molecule has 0 aromatic carbocycles. The van der Waals surface area contributed by atoms with Crippen molar-refractivity contribution >= 4 is 0 Å². The molecule has 1 heterocycles. The smallest absolute Gasteiger partial charge is 0.161 e. The summed E-state index contributed by atoms with van der Waals surface area (Å²) in [5.74, 6) is 0. The van der Waals surface area contributed by atoms with Gasteiger partial charge in [0.25, 0.3) is 0 Å². The molecule has 0 aromatic rings. The summed E-state index contributed by atoms with van der Waals surface area (Å²) in [4.78, 5) is 0. The summed E-state index contributed by atoms with van der Waals surface area (Å²) < 4.78 is 10.5. The molecule has 0 N–H and O–H groups in total. The number of hydrogen-bond acceptors (Lipinski definition) is 2. The maximum atomic E-state index is 5.24. The maximum absolute atomic E-state index is 5.24. The Morgan fingerprint density at radius 2 is 2.10 bits per heavy atom. The van der Waals surface area contributed by atoms with Crippen LogP contribution >= 0.6 is 0 Å². The van der Waals surface area contributed by atoms with E-state index in [9.17, 15) is 0 Å². The zero-order valence-electron chi connectivity index (χ0n) is 6.43. The molecule has 0 radical (unpaired) electrons. The second-order valence-electron chi connectivity index (χ2n) is 2.48. The van der Waals surface area contributed by atoms with Gasteiger partial charge in [-0.15, -0.1) is 0 Å². The van der Waals surface area contributed by atoms with Crippen molar-refractivity contribution in [1.82, 2.24) is 0 Å². The second-order valence-corrected chi connectivity index (χ2v) is 2.48. The Bertz CT molecular complexity index is 114. The molecule has 2 nitrogen and oxygen atoms in total. The number of hydrogen-bond donors (Lipinski definition) is 0. The molecule has 1 saturated heterocycles. The number of rotatable bonds is 3. The number of ether oxygens (including phenoxy) is 2. The predicted molar refractivity (Wildman–Crippen MR) is 39.7 cm³/mol. The third-order valence-corrected chi connectivity index (χ3v) is 1.65. The summed E-state index contributed by atoms with van der Waals surface area (Å²) in [6.45, 7) is 7.45. The Balaban J connectivity index is 2.17. The van der Waals surface area contributed by atoms with Crippen molar-refractivity contribution in [1.29, 1.82) is 0 Å². The average Bonchev–Trinajstić information content (AvgIpc) is 2.40. The Kier molecular flexibility index (Phi) is 2.90. The van der Waals surface area contributed by atoms with Gasteiger partial charge in [-0.05, 0) is 6.42 Å². The van der Waals surface area contributed by atoms with Gasteiger partial charge in [-0.3, -0.25) is 0 Å². The molecule has 10 heavy (non-hydrogen) atoms. The molecule has 0 unspecified atom stereocenters. The highest BCUT2D eigenvalue weighted by Gasteiger charge is 2.15. The van der Waals surface area contributed by atoms with Gasteiger partial charge in [0.15, 0.2) is 6.29 Å². The Morgan fingerprint density at radius 1 is 1.50 bits per heavy atom. The lowest BCUT2D eigenvalue weighted by molar-refractivity contribution is -0.0402. The van der Waals surface area contributed by atoms with E-state index in [2.05, 4.69) is 13.5 Å². The minimum atomic E-state index is -0.00699. The fraction of sp³-hybridized carbons (Fsp3) is 0.750. The molecule has 1 aliphatic rings. The van der Waals surface area contributed by atoms with Crippen LogP contribution in [0.1, 0.15) is 19.8 Å². The van der Waals surface area contributed by atoms with Gasteiger partial charge in [-0.25, -0.2) is 0 Å². The summed E-state index contributed by atoms with van der Waals surface area (Å²) >= 11 is 0.